The summed E-state index contributed by atoms with van der Waals surface area (Å²) in [5, 5.41) is 14.4. The Labute approximate surface area is 107 Å². The SMILES string of the molecule is O=[N+]([O-])c1cnn(-c2ncc(Br)cc2Br)c1. The molecule has 0 amide bonds. The van der Waals surface area contributed by atoms with Crippen molar-refractivity contribution in [2.75, 3.05) is 0 Å². The summed E-state index contributed by atoms with van der Waals surface area (Å²) in [5.41, 5.74) is -0.0726. The van der Waals surface area contributed by atoms with E-state index in [1.807, 2.05) is 0 Å². The van der Waals surface area contributed by atoms with E-state index in [0.29, 0.717) is 10.3 Å². The van der Waals surface area contributed by atoms with Gasteiger partial charge in [-0.15, -0.1) is 0 Å². The molecule has 2 rings (SSSR count). The van der Waals surface area contributed by atoms with Crippen LogP contribution < -0.4 is 0 Å². The van der Waals surface area contributed by atoms with Crippen LogP contribution in [0.15, 0.2) is 33.6 Å². The Morgan fingerprint density at radius 1 is 1.38 bits per heavy atom. The topological polar surface area (TPSA) is 73.8 Å². The molecule has 0 bridgehead atoms. The largest absolute Gasteiger partial charge is 0.307 e. The second-order valence-electron chi connectivity index (χ2n) is 2.86. The molecular weight excluding hydrogens is 344 g/mol. The molecule has 16 heavy (non-hydrogen) atoms. The van der Waals surface area contributed by atoms with Crippen molar-refractivity contribution in [1.82, 2.24) is 14.8 Å². The van der Waals surface area contributed by atoms with Crippen molar-refractivity contribution in [3.05, 3.63) is 43.7 Å². The number of halogens is 2. The van der Waals surface area contributed by atoms with E-state index in [9.17, 15) is 10.1 Å². The summed E-state index contributed by atoms with van der Waals surface area (Å²) >= 11 is 6.57. The van der Waals surface area contributed by atoms with Crippen LogP contribution in [0.2, 0.25) is 0 Å². The zero-order valence-corrected chi connectivity index (χ0v) is 10.8. The van der Waals surface area contributed by atoms with Crippen LogP contribution in [0.4, 0.5) is 5.69 Å². The third-order valence-electron chi connectivity index (χ3n) is 1.79. The van der Waals surface area contributed by atoms with E-state index in [2.05, 4.69) is 41.9 Å². The van der Waals surface area contributed by atoms with Gasteiger partial charge in [-0.05, 0) is 37.9 Å². The Morgan fingerprint density at radius 2 is 2.12 bits per heavy atom. The average molecular weight is 348 g/mol. The van der Waals surface area contributed by atoms with Gasteiger partial charge in [-0.1, -0.05) is 0 Å². The Morgan fingerprint density at radius 3 is 2.69 bits per heavy atom. The highest BCUT2D eigenvalue weighted by Crippen LogP contribution is 2.23. The molecule has 0 aliphatic rings. The summed E-state index contributed by atoms with van der Waals surface area (Å²) in [6.07, 6.45) is 4.07. The third kappa shape index (κ3) is 2.12. The van der Waals surface area contributed by atoms with Crippen molar-refractivity contribution < 1.29 is 4.92 Å². The zero-order valence-electron chi connectivity index (χ0n) is 7.67. The number of hydrogen-bond donors (Lipinski definition) is 0. The molecule has 0 aliphatic heterocycles. The lowest BCUT2D eigenvalue weighted by Gasteiger charge is -2.02. The van der Waals surface area contributed by atoms with Crippen LogP contribution in [0.25, 0.3) is 5.82 Å². The van der Waals surface area contributed by atoms with Crippen LogP contribution >= 0.6 is 31.9 Å². The van der Waals surface area contributed by atoms with E-state index in [-0.39, 0.29) is 5.69 Å². The molecule has 0 unspecified atom stereocenters. The van der Waals surface area contributed by atoms with Gasteiger partial charge in [0.05, 0.1) is 9.40 Å². The molecule has 2 heterocycles. The van der Waals surface area contributed by atoms with Gasteiger partial charge in [0.2, 0.25) is 0 Å². The van der Waals surface area contributed by atoms with Crippen molar-refractivity contribution in [2.24, 2.45) is 0 Å². The van der Waals surface area contributed by atoms with Crippen LogP contribution in [0, 0.1) is 10.1 Å². The van der Waals surface area contributed by atoms with Crippen molar-refractivity contribution in [1.29, 1.82) is 0 Å². The van der Waals surface area contributed by atoms with Gasteiger partial charge in [0.15, 0.2) is 5.82 Å². The number of nitro groups is 1. The van der Waals surface area contributed by atoms with E-state index >= 15 is 0 Å². The smallest absolute Gasteiger partial charge is 0.258 e. The van der Waals surface area contributed by atoms with Crippen LogP contribution in [-0.2, 0) is 0 Å². The van der Waals surface area contributed by atoms with Crippen LogP contribution in [0.1, 0.15) is 0 Å². The van der Waals surface area contributed by atoms with Crippen molar-refractivity contribution in [2.45, 2.75) is 0 Å². The molecule has 0 spiro atoms. The predicted octanol–water partition coefficient (Wildman–Crippen LogP) is 2.70. The highest BCUT2D eigenvalue weighted by Gasteiger charge is 2.12. The summed E-state index contributed by atoms with van der Waals surface area (Å²) in [6.45, 7) is 0. The normalized spacial score (nSPS) is 10.4. The molecule has 0 radical (unpaired) electrons. The minimum Gasteiger partial charge on any atom is -0.258 e. The molecule has 0 saturated heterocycles. The monoisotopic (exact) mass is 346 g/mol. The first-order valence-corrected chi connectivity index (χ1v) is 5.67. The average Bonchev–Trinajstić information content (AvgIpc) is 2.66. The maximum absolute atomic E-state index is 10.5. The maximum atomic E-state index is 10.5. The Balaban J connectivity index is 2.46. The first-order chi connectivity index (χ1) is 7.58. The van der Waals surface area contributed by atoms with Gasteiger partial charge in [0, 0.05) is 10.7 Å². The highest BCUT2D eigenvalue weighted by atomic mass is 79.9. The fraction of sp³-hybridized carbons (Fsp3) is 0. The van der Waals surface area contributed by atoms with Gasteiger partial charge in [-0.25, -0.2) is 9.67 Å². The van der Waals surface area contributed by atoms with Gasteiger partial charge < -0.3 is 0 Å². The van der Waals surface area contributed by atoms with Gasteiger partial charge in [-0.3, -0.25) is 10.1 Å². The molecule has 0 atom stereocenters. The van der Waals surface area contributed by atoms with Crippen LogP contribution in [0.3, 0.4) is 0 Å². The fourth-order valence-corrected chi connectivity index (χ4v) is 2.27. The number of hydrogen-bond acceptors (Lipinski definition) is 4. The second kappa shape index (κ2) is 4.30. The molecule has 0 fully saturated rings. The Kier molecular flexibility index (Phi) is 3.01. The van der Waals surface area contributed by atoms with Gasteiger partial charge in [-0.2, -0.15) is 5.10 Å². The molecular formula is C8H4Br2N4O2. The zero-order chi connectivity index (χ0) is 11.7. The van der Waals surface area contributed by atoms with Crippen molar-refractivity contribution in [3.8, 4) is 5.82 Å². The number of pyridine rings is 1. The lowest BCUT2D eigenvalue weighted by atomic mass is 10.4. The maximum Gasteiger partial charge on any atom is 0.307 e. The summed E-state index contributed by atoms with van der Waals surface area (Å²) in [7, 11) is 0. The lowest BCUT2D eigenvalue weighted by molar-refractivity contribution is -0.384. The molecule has 6 nitrogen and oxygen atoms in total. The summed E-state index contributed by atoms with van der Waals surface area (Å²) in [6, 6.07) is 1.79. The van der Waals surface area contributed by atoms with Gasteiger partial charge in [0.1, 0.15) is 12.4 Å². The standard InChI is InChI=1S/C8H4Br2N4O2/c9-5-1-7(10)8(11-2-5)13-4-6(3-12-13)14(15)16/h1-4H. The summed E-state index contributed by atoms with van der Waals surface area (Å²) in [5.74, 6) is 0.497. The Bertz CT molecular complexity index is 555. The minimum absolute atomic E-state index is 0.0726. The molecule has 2 aromatic rings. The number of nitrogens with zero attached hydrogens (tertiary/aromatic N) is 4. The van der Waals surface area contributed by atoms with E-state index in [1.54, 1.807) is 12.3 Å². The van der Waals surface area contributed by atoms with Crippen LogP contribution in [0.5, 0.6) is 0 Å². The Hall–Kier alpha value is -1.28. The molecule has 82 valence electrons. The molecule has 2 aromatic heterocycles. The van der Waals surface area contributed by atoms with E-state index < -0.39 is 4.92 Å². The highest BCUT2D eigenvalue weighted by molar-refractivity contribution is 9.11. The third-order valence-corrected chi connectivity index (χ3v) is 2.80. The van der Waals surface area contributed by atoms with Crippen molar-refractivity contribution in [3.63, 3.8) is 0 Å². The molecule has 0 N–H and O–H groups in total. The van der Waals surface area contributed by atoms with E-state index in [4.69, 9.17) is 0 Å². The molecule has 0 aromatic carbocycles. The quantitative estimate of drug-likeness (QED) is 0.618. The van der Waals surface area contributed by atoms with Crippen LogP contribution in [-0.4, -0.2) is 19.7 Å². The molecule has 0 saturated carbocycles. The summed E-state index contributed by atoms with van der Waals surface area (Å²) < 4.78 is 2.85. The summed E-state index contributed by atoms with van der Waals surface area (Å²) in [4.78, 5) is 14.1. The molecule has 8 heteroatoms. The predicted molar refractivity (Wildman–Crippen MR) is 63.4 cm³/mol. The number of rotatable bonds is 2. The second-order valence-corrected chi connectivity index (χ2v) is 4.63. The fourth-order valence-electron chi connectivity index (χ4n) is 1.10. The van der Waals surface area contributed by atoms with E-state index in [1.165, 1.54) is 17.1 Å². The first kappa shape index (κ1) is 11.2. The van der Waals surface area contributed by atoms with Crippen molar-refractivity contribution >= 4 is 37.5 Å². The van der Waals surface area contributed by atoms with Gasteiger partial charge >= 0.3 is 5.69 Å². The lowest BCUT2D eigenvalue weighted by Crippen LogP contribution is -1.98. The number of aromatic nitrogens is 3. The molecule has 0 aliphatic carbocycles. The minimum atomic E-state index is -0.504. The first-order valence-electron chi connectivity index (χ1n) is 4.08. The van der Waals surface area contributed by atoms with Gasteiger partial charge in [0.25, 0.3) is 0 Å². The van der Waals surface area contributed by atoms with E-state index in [0.717, 1.165) is 4.47 Å².